The quantitative estimate of drug-likeness (QED) is 0.527. The Labute approximate surface area is 166 Å². The van der Waals surface area contributed by atoms with Crippen molar-refractivity contribution in [2.24, 2.45) is 0 Å². The summed E-state index contributed by atoms with van der Waals surface area (Å²) >= 11 is 6.31. The van der Waals surface area contributed by atoms with Crippen LogP contribution in [0.25, 0.3) is 0 Å². The lowest BCUT2D eigenvalue weighted by atomic mass is 10.1. The average Bonchev–Trinajstić information content (AvgIpc) is 3.10. The van der Waals surface area contributed by atoms with Crippen LogP contribution in [0, 0.1) is 6.92 Å². The monoisotopic (exact) mass is 380 g/mol. The van der Waals surface area contributed by atoms with Crippen LogP contribution >= 0.6 is 11.6 Å². The van der Waals surface area contributed by atoms with Gasteiger partial charge in [0.05, 0.1) is 6.54 Å². The summed E-state index contributed by atoms with van der Waals surface area (Å²) in [6.45, 7) is 6.13. The number of aryl methyl sites for hydroxylation is 1. The first-order valence-electron chi connectivity index (χ1n) is 9.32. The molecule has 0 saturated carbocycles. The van der Waals surface area contributed by atoms with E-state index in [0.717, 1.165) is 40.4 Å². The van der Waals surface area contributed by atoms with E-state index in [-0.39, 0.29) is 5.91 Å². The number of nitrogens with zero attached hydrogens (tertiary/aromatic N) is 2. The van der Waals surface area contributed by atoms with Gasteiger partial charge in [0.25, 0.3) is 5.91 Å². The van der Waals surface area contributed by atoms with Gasteiger partial charge >= 0.3 is 0 Å². The molecule has 2 aromatic carbocycles. The molecule has 1 amide bonds. The molecule has 0 saturated heterocycles. The molecule has 0 unspecified atom stereocenters. The van der Waals surface area contributed by atoms with Crippen LogP contribution in [-0.2, 0) is 13.1 Å². The molecule has 3 rings (SSSR count). The van der Waals surface area contributed by atoms with Crippen LogP contribution in [0.2, 0.25) is 5.02 Å². The van der Waals surface area contributed by atoms with Crippen molar-refractivity contribution in [1.29, 1.82) is 0 Å². The summed E-state index contributed by atoms with van der Waals surface area (Å²) in [5, 5.41) is 0.762. The third-order valence-electron chi connectivity index (χ3n) is 4.65. The lowest BCUT2D eigenvalue weighted by Gasteiger charge is -2.23. The van der Waals surface area contributed by atoms with Gasteiger partial charge in [-0.3, -0.25) is 4.79 Å². The third kappa shape index (κ3) is 4.81. The number of rotatable bonds is 7. The number of hydrogen-bond acceptors (Lipinski definition) is 1. The highest BCUT2D eigenvalue weighted by Crippen LogP contribution is 2.19. The number of carbonyl (C=O) groups excluding carboxylic acids is 1. The molecule has 0 bridgehead atoms. The van der Waals surface area contributed by atoms with Crippen LogP contribution in [0.4, 0.5) is 0 Å². The molecule has 0 aliphatic carbocycles. The number of carbonyl (C=O) groups is 1. The van der Waals surface area contributed by atoms with Gasteiger partial charge < -0.3 is 9.47 Å². The Hall–Kier alpha value is -2.52. The van der Waals surface area contributed by atoms with Crippen LogP contribution < -0.4 is 0 Å². The standard InChI is InChI=1S/C23H25ClN2O/c1-3-14-26(23(27)19-12-10-18(2)11-13-19)17-21-8-6-15-25(21)16-20-7-4-5-9-22(20)24/h4-13,15H,3,14,16-17H2,1-2H3. The second-order valence-corrected chi connectivity index (χ2v) is 7.22. The Balaban J connectivity index is 1.79. The molecule has 0 radical (unpaired) electrons. The van der Waals surface area contributed by atoms with Crippen molar-refractivity contribution < 1.29 is 4.79 Å². The fourth-order valence-corrected chi connectivity index (χ4v) is 3.35. The van der Waals surface area contributed by atoms with Gasteiger partial charge in [0, 0.05) is 35.6 Å². The molecule has 0 fully saturated rings. The molecule has 1 aromatic heterocycles. The molecule has 0 atom stereocenters. The van der Waals surface area contributed by atoms with Gasteiger partial charge in [-0.05, 0) is 49.2 Å². The van der Waals surface area contributed by atoms with Crippen LogP contribution in [0.3, 0.4) is 0 Å². The summed E-state index contributed by atoms with van der Waals surface area (Å²) in [5.74, 6) is 0.0716. The molecule has 4 heteroatoms. The molecular formula is C23H25ClN2O. The third-order valence-corrected chi connectivity index (χ3v) is 5.02. The van der Waals surface area contributed by atoms with Crippen molar-refractivity contribution in [2.75, 3.05) is 6.54 Å². The predicted molar refractivity (Wildman–Crippen MR) is 111 cm³/mol. The molecular weight excluding hydrogens is 356 g/mol. The summed E-state index contributed by atoms with van der Waals surface area (Å²) in [6, 6.07) is 19.7. The first kappa shape index (κ1) is 19.2. The highest BCUT2D eigenvalue weighted by atomic mass is 35.5. The number of hydrogen-bond donors (Lipinski definition) is 0. The van der Waals surface area contributed by atoms with E-state index in [9.17, 15) is 4.79 Å². The summed E-state index contributed by atoms with van der Waals surface area (Å²) in [6.07, 6.45) is 2.96. The summed E-state index contributed by atoms with van der Waals surface area (Å²) in [7, 11) is 0. The number of benzene rings is 2. The lowest BCUT2D eigenvalue weighted by Crippen LogP contribution is -2.32. The summed E-state index contributed by atoms with van der Waals surface area (Å²) in [5.41, 5.74) is 4.06. The Morgan fingerprint density at radius 3 is 2.48 bits per heavy atom. The minimum Gasteiger partial charge on any atom is -0.345 e. The van der Waals surface area contributed by atoms with Crippen LogP contribution in [0.1, 0.15) is 40.5 Å². The van der Waals surface area contributed by atoms with Crippen molar-refractivity contribution in [3.05, 3.63) is 94.3 Å². The Morgan fingerprint density at radius 1 is 1.04 bits per heavy atom. The van der Waals surface area contributed by atoms with Gasteiger partial charge in [0.1, 0.15) is 0 Å². The zero-order valence-electron chi connectivity index (χ0n) is 15.9. The van der Waals surface area contributed by atoms with E-state index < -0.39 is 0 Å². The van der Waals surface area contributed by atoms with E-state index >= 15 is 0 Å². The van der Waals surface area contributed by atoms with Gasteiger partial charge in [-0.25, -0.2) is 0 Å². The van der Waals surface area contributed by atoms with Crippen LogP contribution in [0.5, 0.6) is 0 Å². The average molecular weight is 381 g/mol. The fourth-order valence-electron chi connectivity index (χ4n) is 3.15. The normalized spacial score (nSPS) is 10.8. The second kappa shape index (κ2) is 8.92. The highest BCUT2D eigenvalue weighted by Gasteiger charge is 2.17. The van der Waals surface area contributed by atoms with Gasteiger partial charge in [0.15, 0.2) is 0 Å². The van der Waals surface area contributed by atoms with E-state index in [1.165, 1.54) is 0 Å². The first-order chi connectivity index (χ1) is 13.1. The Morgan fingerprint density at radius 2 is 1.78 bits per heavy atom. The molecule has 0 spiro atoms. The van der Waals surface area contributed by atoms with E-state index in [1.54, 1.807) is 0 Å². The minimum absolute atomic E-state index is 0.0716. The smallest absolute Gasteiger partial charge is 0.254 e. The zero-order chi connectivity index (χ0) is 19.2. The van der Waals surface area contributed by atoms with Gasteiger partial charge in [-0.15, -0.1) is 0 Å². The van der Waals surface area contributed by atoms with Gasteiger partial charge in [0.2, 0.25) is 0 Å². The SMILES string of the molecule is CCCN(Cc1cccn1Cc1ccccc1Cl)C(=O)c1ccc(C)cc1. The maximum atomic E-state index is 13.0. The van der Waals surface area contributed by atoms with Gasteiger partial charge in [-0.2, -0.15) is 0 Å². The topological polar surface area (TPSA) is 25.2 Å². The van der Waals surface area contributed by atoms with Crippen molar-refractivity contribution in [3.8, 4) is 0 Å². The number of halogens is 1. The van der Waals surface area contributed by atoms with E-state index in [0.29, 0.717) is 13.1 Å². The van der Waals surface area contributed by atoms with Crippen molar-refractivity contribution in [1.82, 2.24) is 9.47 Å². The molecule has 3 aromatic rings. The number of amides is 1. The molecule has 3 nitrogen and oxygen atoms in total. The number of aromatic nitrogens is 1. The molecule has 1 heterocycles. The van der Waals surface area contributed by atoms with Crippen molar-refractivity contribution >= 4 is 17.5 Å². The zero-order valence-corrected chi connectivity index (χ0v) is 16.6. The van der Waals surface area contributed by atoms with E-state index in [2.05, 4.69) is 17.6 Å². The maximum Gasteiger partial charge on any atom is 0.254 e. The first-order valence-corrected chi connectivity index (χ1v) is 9.69. The molecule has 27 heavy (non-hydrogen) atoms. The summed E-state index contributed by atoms with van der Waals surface area (Å²) in [4.78, 5) is 14.9. The van der Waals surface area contributed by atoms with Crippen LogP contribution in [-0.4, -0.2) is 21.9 Å². The van der Waals surface area contributed by atoms with Crippen LogP contribution in [0.15, 0.2) is 66.9 Å². The lowest BCUT2D eigenvalue weighted by molar-refractivity contribution is 0.0739. The predicted octanol–water partition coefficient (Wildman–Crippen LogP) is 5.55. The van der Waals surface area contributed by atoms with Gasteiger partial charge in [-0.1, -0.05) is 54.4 Å². The summed E-state index contributed by atoms with van der Waals surface area (Å²) < 4.78 is 2.16. The maximum absolute atomic E-state index is 13.0. The Bertz CT molecular complexity index is 899. The molecule has 140 valence electrons. The second-order valence-electron chi connectivity index (χ2n) is 6.81. The van der Waals surface area contributed by atoms with Crippen molar-refractivity contribution in [3.63, 3.8) is 0 Å². The highest BCUT2D eigenvalue weighted by molar-refractivity contribution is 6.31. The van der Waals surface area contributed by atoms with E-state index in [1.807, 2.05) is 72.6 Å². The van der Waals surface area contributed by atoms with Crippen molar-refractivity contribution in [2.45, 2.75) is 33.4 Å². The Kier molecular flexibility index (Phi) is 6.36. The molecule has 0 aliphatic heterocycles. The van der Waals surface area contributed by atoms with E-state index in [4.69, 9.17) is 11.6 Å². The molecule has 0 N–H and O–H groups in total. The largest absolute Gasteiger partial charge is 0.345 e. The fraction of sp³-hybridized carbons (Fsp3) is 0.261. The minimum atomic E-state index is 0.0716. The molecule has 0 aliphatic rings.